The van der Waals surface area contributed by atoms with Crippen LogP contribution in [-0.4, -0.2) is 9.55 Å². The van der Waals surface area contributed by atoms with Gasteiger partial charge in [0, 0.05) is 23.2 Å². The van der Waals surface area contributed by atoms with Crippen LogP contribution in [0.2, 0.25) is 0 Å². The van der Waals surface area contributed by atoms with Crippen LogP contribution < -0.4 is 0 Å². The zero-order valence-corrected chi connectivity index (χ0v) is 17.7. The van der Waals surface area contributed by atoms with Gasteiger partial charge in [-0.05, 0) is 55.4 Å². The first-order chi connectivity index (χ1) is 13.1. The van der Waals surface area contributed by atoms with Gasteiger partial charge in [-0.25, -0.2) is 0 Å². The van der Waals surface area contributed by atoms with Gasteiger partial charge >= 0.3 is 0 Å². The molecule has 2 aromatic heterocycles. The van der Waals surface area contributed by atoms with E-state index in [1.165, 1.54) is 58.8 Å². The summed E-state index contributed by atoms with van der Waals surface area (Å²) < 4.78 is 2.49. The Bertz CT molecular complexity index is 876. The molecule has 0 unspecified atom stereocenters. The fourth-order valence-electron chi connectivity index (χ4n) is 4.42. The van der Waals surface area contributed by atoms with E-state index in [1.807, 2.05) is 0 Å². The van der Waals surface area contributed by atoms with Gasteiger partial charge in [-0.3, -0.25) is 4.98 Å². The van der Waals surface area contributed by atoms with Crippen molar-refractivity contribution < 1.29 is 0 Å². The normalized spacial score (nSPS) is 11.6. The Morgan fingerprint density at radius 1 is 0.963 bits per heavy atom. The van der Waals surface area contributed by atoms with Crippen molar-refractivity contribution in [3.05, 3.63) is 53.3 Å². The van der Waals surface area contributed by atoms with E-state index < -0.39 is 0 Å². The van der Waals surface area contributed by atoms with E-state index in [0.29, 0.717) is 6.04 Å². The molecule has 144 valence electrons. The number of hydrogen-bond donors (Lipinski definition) is 0. The maximum atomic E-state index is 4.95. The minimum atomic E-state index is 0.581. The molecule has 2 heterocycles. The summed E-state index contributed by atoms with van der Waals surface area (Å²) in [5.74, 6) is 0. The molecule has 0 aliphatic heterocycles. The summed E-state index contributed by atoms with van der Waals surface area (Å²) in [4.78, 5) is 4.95. The van der Waals surface area contributed by atoms with Crippen LogP contribution in [0.25, 0.3) is 22.2 Å². The first-order valence-corrected chi connectivity index (χ1v) is 10.7. The van der Waals surface area contributed by atoms with Crippen molar-refractivity contribution in [1.82, 2.24) is 9.55 Å². The molecule has 0 saturated heterocycles. The monoisotopic (exact) mass is 362 g/mol. The van der Waals surface area contributed by atoms with E-state index in [4.69, 9.17) is 4.98 Å². The molecule has 3 rings (SSSR count). The van der Waals surface area contributed by atoms with Crippen molar-refractivity contribution in [2.24, 2.45) is 0 Å². The predicted molar refractivity (Wildman–Crippen MR) is 118 cm³/mol. The van der Waals surface area contributed by atoms with Gasteiger partial charge in [-0.2, -0.15) is 0 Å². The number of rotatable bonds is 8. The summed E-state index contributed by atoms with van der Waals surface area (Å²) in [7, 11) is 0. The molecule has 0 N–H and O–H groups in total. The fraction of sp³-hybridized carbons (Fsp3) is 0.480. The number of pyridine rings is 1. The third kappa shape index (κ3) is 3.81. The lowest BCUT2D eigenvalue weighted by Gasteiger charge is -2.19. The lowest BCUT2D eigenvalue weighted by atomic mass is 9.94. The molecule has 2 heteroatoms. The smallest absolute Gasteiger partial charge is 0.0715 e. The number of nitrogens with zero attached hydrogens (tertiary/aromatic N) is 2. The molecule has 0 aliphatic carbocycles. The number of fused-ring (bicyclic) bond motifs is 1. The van der Waals surface area contributed by atoms with Gasteiger partial charge in [-0.15, -0.1) is 0 Å². The van der Waals surface area contributed by atoms with E-state index in [9.17, 15) is 0 Å². The molecule has 27 heavy (non-hydrogen) atoms. The minimum absolute atomic E-state index is 0.581. The molecule has 3 aromatic rings. The highest BCUT2D eigenvalue weighted by Gasteiger charge is 2.17. The first kappa shape index (κ1) is 19.7. The van der Waals surface area contributed by atoms with Gasteiger partial charge < -0.3 is 4.57 Å². The second kappa shape index (κ2) is 8.73. The molecule has 0 bridgehead atoms. The van der Waals surface area contributed by atoms with E-state index in [1.54, 1.807) is 0 Å². The van der Waals surface area contributed by atoms with E-state index >= 15 is 0 Å². The summed E-state index contributed by atoms with van der Waals surface area (Å²) in [6.45, 7) is 11.3. The van der Waals surface area contributed by atoms with Crippen molar-refractivity contribution in [1.29, 1.82) is 0 Å². The van der Waals surface area contributed by atoms with Gasteiger partial charge in [0.15, 0.2) is 0 Å². The second-order valence-corrected chi connectivity index (χ2v) is 7.70. The summed E-state index contributed by atoms with van der Waals surface area (Å²) in [5, 5.41) is 1.35. The highest BCUT2D eigenvalue weighted by atomic mass is 15.0. The SMILES string of the molecule is CCCC(CCC)n1cc(C)c2cc(-c3c(CC)cccc3CC)ncc21. The molecular formula is C25H34N2. The van der Waals surface area contributed by atoms with Crippen LogP contribution in [0.3, 0.4) is 0 Å². The summed E-state index contributed by atoms with van der Waals surface area (Å²) in [6.07, 6.45) is 11.4. The maximum Gasteiger partial charge on any atom is 0.0715 e. The predicted octanol–water partition coefficient (Wildman–Crippen LogP) is 7.28. The van der Waals surface area contributed by atoms with Crippen LogP contribution in [0.15, 0.2) is 36.7 Å². The highest BCUT2D eigenvalue weighted by Crippen LogP contribution is 2.33. The van der Waals surface area contributed by atoms with Crippen LogP contribution in [0.5, 0.6) is 0 Å². The lowest BCUT2D eigenvalue weighted by molar-refractivity contribution is 0.437. The zero-order chi connectivity index (χ0) is 19.4. The summed E-state index contributed by atoms with van der Waals surface area (Å²) >= 11 is 0. The van der Waals surface area contributed by atoms with Crippen LogP contribution in [-0.2, 0) is 12.8 Å². The molecule has 0 spiro atoms. The van der Waals surface area contributed by atoms with Crippen molar-refractivity contribution in [3.8, 4) is 11.3 Å². The number of hydrogen-bond acceptors (Lipinski definition) is 1. The van der Waals surface area contributed by atoms with Crippen molar-refractivity contribution in [2.45, 2.75) is 79.2 Å². The third-order valence-electron chi connectivity index (χ3n) is 5.81. The maximum absolute atomic E-state index is 4.95. The second-order valence-electron chi connectivity index (χ2n) is 7.70. The molecule has 0 saturated carbocycles. The van der Waals surface area contributed by atoms with Crippen molar-refractivity contribution in [2.75, 3.05) is 0 Å². The van der Waals surface area contributed by atoms with Crippen molar-refractivity contribution in [3.63, 3.8) is 0 Å². The quantitative estimate of drug-likeness (QED) is 0.412. The first-order valence-electron chi connectivity index (χ1n) is 10.7. The van der Waals surface area contributed by atoms with Crippen molar-refractivity contribution >= 4 is 10.9 Å². The van der Waals surface area contributed by atoms with Gasteiger partial charge in [-0.1, -0.05) is 58.7 Å². The zero-order valence-electron chi connectivity index (χ0n) is 17.7. The molecule has 0 aliphatic rings. The Hall–Kier alpha value is -2.09. The highest BCUT2D eigenvalue weighted by molar-refractivity contribution is 5.87. The Morgan fingerprint density at radius 3 is 2.15 bits per heavy atom. The molecule has 0 amide bonds. The number of aryl methyl sites for hydroxylation is 3. The number of aromatic nitrogens is 2. The molecular weight excluding hydrogens is 328 g/mol. The number of benzene rings is 1. The largest absolute Gasteiger partial charge is 0.343 e. The van der Waals surface area contributed by atoms with Crippen LogP contribution in [0.1, 0.15) is 76.1 Å². The molecule has 2 nitrogen and oxygen atoms in total. The van der Waals surface area contributed by atoms with Crippen LogP contribution >= 0.6 is 0 Å². The van der Waals surface area contributed by atoms with Gasteiger partial charge in [0.2, 0.25) is 0 Å². The van der Waals surface area contributed by atoms with Gasteiger partial charge in [0.1, 0.15) is 0 Å². The topological polar surface area (TPSA) is 17.8 Å². The summed E-state index contributed by atoms with van der Waals surface area (Å²) in [6, 6.07) is 9.58. The standard InChI is InChI=1S/C25H34N2/c1-6-11-21(12-7-2)27-17-18(5)22-15-23(26-16-24(22)27)25-19(8-3)13-10-14-20(25)9-4/h10,13-17,21H,6-9,11-12H2,1-5H3. The van der Waals surface area contributed by atoms with Crippen LogP contribution in [0.4, 0.5) is 0 Å². The Labute approximate surface area is 164 Å². The Balaban J connectivity index is 2.14. The fourth-order valence-corrected chi connectivity index (χ4v) is 4.42. The molecule has 0 fully saturated rings. The average molecular weight is 363 g/mol. The molecule has 1 aromatic carbocycles. The minimum Gasteiger partial charge on any atom is -0.343 e. The Kier molecular flexibility index (Phi) is 6.36. The summed E-state index contributed by atoms with van der Waals surface area (Å²) in [5.41, 5.74) is 7.91. The van der Waals surface area contributed by atoms with Crippen LogP contribution in [0, 0.1) is 6.92 Å². The van der Waals surface area contributed by atoms with E-state index in [-0.39, 0.29) is 0 Å². The van der Waals surface area contributed by atoms with E-state index in [2.05, 4.69) is 75.8 Å². The lowest BCUT2D eigenvalue weighted by Crippen LogP contribution is -2.07. The molecule has 0 radical (unpaired) electrons. The average Bonchev–Trinajstić information content (AvgIpc) is 3.03. The van der Waals surface area contributed by atoms with E-state index in [0.717, 1.165) is 18.5 Å². The Morgan fingerprint density at radius 2 is 1.59 bits per heavy atom. The van der Waals surface area contributed by atoms with Gasteiger partial charge in [0.25, 0.3) is 0 Å². The molecule has 0 atom stereocenters. The van der Waals surface area contributed by atoms with Gasteiger partial charge in [0.05, 0.1) is 17.4 Å². The third-order valence-corrected chi connectivity index (χ3v) is 5.81.